The summed E-state index contributed by atoms with van der Waals surface area (Å²) in [4.78, 5) is 33.6. The third-order valence-corrected chi connectivity index (χ3v) is 7.38. The average molecular weight is 505 g/mol. The molecule has 2 aromatic carbocycles. The molecule has 8 nitrogen and oxygen atoms in total. The lowest BCUT2D eigenvalue weighted by Gasteiger charge is -2.33. The van der Waals surface area contributed by atoms with Crippen molar-refractivity contribution in [2.45, 2.75) is 18.8 Å². The Morgan fingerprint density at radius 2 is 2.06 bits per heavy atom. The second-order valence-corrected chi connectivity index (χ2v) is 10.2. The molecule has 10 heteroatoms. The quantitative estimate of drug-likeness (QED) is 0.530. The number of carbonyl (C=O) groups is 2. The lowest BCUT2D eigenvalue weighted by atomic mass is 9.85. The molecule has 2 aliphatic heterocycles. The van der Waals surface area contributed by atoms with Gasteiger partial charge in [-0.25, -0.2) is 9.37 Å². The maximum atomic E-state index is 14.1. The summed E-state index contributed by atoms with van der Waals surface area (Å²) < 4.78 is 14.1. The van der Waals surface area contributed by atoms with E-state index >= 15 is 0 Å². The number of fused-ring (bicyclic) bond motifs is 1. The van der Waals surface area contributed by atoms with E-state index in [-0.39, 0.29) is 12.4 Å². The summed E-state index contributed by atoms with van der Waals surface area (Å²) in [6.45, 7) is 3.99. The highest BCUT2D eigenvalue weighted by Gasteiger charge is 2.38. The number of nitrogens with zero attached hydrogens (tertiary/aromatic N) is 4. The van der Waals surface area contributed by atoms with Crippen molar-refractivity contribution in [2.24, 2.45) is 0 Å². The van der Waals surface area contributed by atoms with Crippen LogP contribution in [0.1, 0.15) is 29.3 Å². The van der Waals surface area contributed by atoms with Gasteiger partial charge in [-0.2, -0.15) is 5.26 Å². The lowest BCUT2D eigenvalue weighted by Crippen LogP contribution is -2.37. The zero-order valence-electron chi connectivity index (χ0n) is 20.0. The van der Waals surface area contributed by atoms with Crippen LogP contribution in [0, 0.1) is 17.1 Å². The molecule has 0 saturated carbocycles. The van der Waals surface area contributed by atoms with E-state index in [0.29, 0.717) is 28.5 Å². The number of hydrogen-bond acceptors (Lipinski definition) is 7. The third kappa shape index (κ3) is 4.50. The molecule has 1 aromatic heterocycles. The normalized spacial score (nSPS) is 18.3. The van der Waals surface area contributed by atoms with Crippen LogP contribution >= 0.6 is 11.3 Å². The number of benzene rings is 2. The highest BCUT2D eigenvalue weighted by Crippen LogP contribution is 2.40. The van der Waals surface area contributed by atoms with Crippen LogP contribution in [0.4, 0.5) is 20.9 Å². The van der Waals surface area contributed by atoms with Gasteiger partial charge in [0.2, 0.25) is 5.91 Å². The maximum absolute atomic E-state index is 14.1. The number of likely N-dealkylation sites (N-methyl/N-ethyl adjacent to an activating group) is 1. The Morgan fingerprint density at radius 3 is 2.78 bits per heavy atom. The first-order valence-corrected chi connectivity index (χ1v) is 12.5. The lowest BCUT2D eigenvalue weighted by molar-refractivity contribution is -0.115. The minimum absolute atomic E-state index is 0.237. The predicted octanol–water partition coefficient (Wildman–Crippen LogP) is 3.76. The molecule has 0 radical (unpaired) electrons. The van der Waals surface area contributed by atoms with Crippen LogP contribution in [0.5, 0.6) is 0 Å². The number of carbonyl (C=O) groups excluding carboxylic acids is 2. The van der Waals surface area contributed by atoms with Gasteiger partial charge in [0, 0.05) is 54.6 Å². The number of nitrogens with one attached hydrogen (secondary N) is 2. The van der Waals surface area contributed by atoms with E-state index in [9.17, 15) is 19.2 Å². The molecule has 5 rings (SSSR count). The van der Waals surface area contributed by atoms with E-state index < -0.39 is 17.2 Å². The Morgan fingerprint density at radius 1 is 1.25 bits per heavy atom. The molecule has 0 unspecified atom stereocenters. The zero-order valence-corrected chi connectivity index (χ0v) is 20.8. The standard InChI is InChI=1S/C26H25FN6O2S/c1-26(14-28)15-32(2)22-5-4-16(10-20(22)26)24(35)29-12-23(34)31-25-30-21(13-36-25)17-8-18(27)11-19(9-17)33-6-3-7-33/h4-5,8-11,13H,3,6-7,12,15H2,1-2H3,(H,29,35)(H,30,31,34)/t26-/m0/s1. The van der Waals surface area contributed by atoms with Gasteiger partial charge in [0.1, 0.15) is 5.82 Å². The Bertz CT molecular complexity index is 1400. The molecule has 3 aromatic rings. The van der Waals surface area contributed by atoms with Crippen molar-refractivity contribution in [3.05, 3.63) is 58.7 Å². The van der Waals surface area contributed by atoms with Gasteiger partial charge < -0.3 is 20.4 Å². The van der Waals surface area contributed by atoms with Crippen molar-refractivity contribution in [1.82, 2.24) is 10.3 Å². The van der Waals surface area contributed by atoms with Crippen molar-refractivity contribution in [3.63, 3.8) is 0 Å². The fraction of sp³-hybridized carbons (Fsp3) is 0.308. The molecule has 1 fully saturated rings. The number of rotatable bonds is 6. The highest BCUT2D eigenvalue weighted by atomic mass is 32.1. The van der Waals surface area contributed by atoms with Gasteiger partial charge in [-0.1, -0.05) is 0 Å². The molecule has 0 aliphatic carbocycles. The van der Waals surface area contributed by atoms with E-state index in [4.69, 9.17) is 0 Å². The fourth-order valence-corrected chi connectivity index (χ4v) is 5.30. The van der Waals surface area contributed by atoms with Crippen molar-refractivity contribution in [1.29, 1.82) is 5.26 Å². The topological polar surface area (TPSA) is 101 Å². The SMILES string of the molecule is CN1C[C@](C)(C#N)c2cc(C(=O)NCC(=O)Nc3nc(-c4cc(F)cc(N5CCC5)c4)cs3)ccc21. The molecular weight excluding hydrogens is 479 g/mol. The largest absolute Gasteiger partial charge is 0.372 e. The summed E-state index contributed by atoms with van der Waals surface area (Å²) in [6.07, 6.45) is 1.10. The zero-order chi connectivity index (χ0) is 25.4. The van der Waals surface area contributed by atoms with Crippen LogP contribution in [0.2, 0.25) is 0 Å². The number of anilines is 3. The van der Waals surface area contributed by atoms with Crippen molar-refractivity contribution in [3.8, 4) is 17.3 Å². The summed E-state index contributed by atoms with van der Waals surface area (Å²) in [7, 11) is 1.91. The molecule has 36 heavy (non-hydrogen) atoms. The first kappa shape index (κ1) is 23.8. The number of thiazole rings is 1. The Labute approximate surface area is 212 Å². The van der Waals surface area contributed by atoms with Crippen LogP contribution in [0.3, 0.4) is 0 Å². The maximum Gasteiger partial charge on any atom is 0.251 e. The number of nitriles is 1. The average Bonchev–Trinajstić information content (AvgIpc) is 3.38. The molecule has 1 atom stereocenters. The molecular formula is C26H25FN6O2S. The second kappa shape index (κ2) is 9.24. The van der Waals surface area contributed by atoms with Crippen LogP contribution in [0.25, 0.3) is 11.3 Å². The van der Waals surface area contributed by atoms with E-state index in [0.717, 1.165) is 36.4 Å². The van der Waals surface area contributed by atoms with Gasteiger partial charge in [-0.05, 0) is 55.3 Å². The summed E-state index contributed by atoms with van der Waals surface area (Å²) in [5, 5.41) is 17.0. The molecule has 1 saturated heterocycles. The monoisotopic (exact) mass is 504 g/mol. The number of aromatic nitrogens is 1. The summed E-state index contributed by atoms with van der Waals surface area (Å²) in [5.41, 5.74) is 3.46. The predicted molar refractivity (Wildman–Crippen MR) is 138 cm³/mol. The molecule has 2 aliphatic rings. The Hall–Kier alpha value is -3.97. The molecule has 2 N–H and O–H groups in total. The number of halogens is 1. The first-order valence-electron chi connectivity index (χ1n) is 11.6. The summed E-state index contributed by atoms with van der Waals surface area (Å²) in [5.74, 6) is -1.16. The first-order chi connectivity index (χ1) is 17.3. The van der Waals surface area contributed by atoms with Crippen LogP contribution in [-0.4, -0.2) is 50.0 Å². The Kier molecular flexibility index (Phi) is 6.10. The van der Waals surface area contributed by atoms with E-state index in [1.54, 1.807) is 17.5 Å². The molecule has 2 amide bonds. The third-order valence-electron chi connectivity index (χ3n) is 6.62. The van der Waals surface area contributed by atoms with Gasteiger partial charge in [-0.15, -0.1) is 11.3 Å². The van der Waals surface area contributed by atoms with Gasteiger partial charge in [-0.3, -0.25) is 9.59 Å². The number of amides is 2. The van der Waals surface area contributed by atoms with E-state index in [2.05, 4.69) is 26.6 Å². The minimum atomic E-state index is -0.696. The van der Waals surface area contributed by atoms with Gasteiger partial charge in [0.05, 0.1) is 23.7 Å². The van der Waals surface area contributed by atoms with Gasteiger partial charge in [0.25, 0.3) is 5.91 Å². The minimum Gasteiger partial charge on any atom is -0.372 e. The van der Waals surface area contributed by atoms with Crippen molar-refractivity contribution < 1.29 is 14.0 Å². The number of hydrogen-bond donors (Lipinski definition) is 2. The van der Waals surface area contributed by atoms with Crippen molar-refractivity contribution >= 4 is 39.7 Å². The smallest absolute Gasteiger partial charge is 0.251 e. The van der Waals surface area contributed by atoms with E-state index in [1.165, 1.54) is 23.5 Å². The van der Waals surface area contributed by atoms with Crippen molar-refractivity contribution in [2.75, 3.05) is 48.3 Å². The van der Waals surface area contributed by atoms with Crippen LogP contribution < -0.4 is 20.4 Å². The molecule has 3 heterocycles. The van der Waals surface area contributed by atoms with Crippen LogP contribution in [0.15, 0.2) is 41.8 Å². The Balaban J connectivity index is 1.21. The highest BCUT2D eigenvalue weighted by molar-refractivity contribution is 7.14. The van der Waals surface area contributed by atoms with Gasteiger partial charge in [0.15, 0.2) is 5.13 Å². The summed E-state index contributed by atoms with van der Waals surface area (Å²) in [6, 6.07) is 12.4. The fourth-order valence-electron chi connectivity index (χ4n) is 4.56. The molecule has 0 spiro atoms. The van der Waals surface area contributed by atoms with E-state index in [1.807, 2.05) is 31.0 Å². The van der Waals surface area contributed by atoms with Crippen LogP contribution in [-0.2, 0) is 10.2 Å². The molecule has 0 bridgehead atoms. The second-order valence-electron chi connectivity index (χ2n) is 9.34. The summed E-state index contributed by atoms with van der Waals surface area (Å²) >= 11 is 1.23. The molecule has 184 valence electrons. The van der Waals surface area contributed by atoms with Gasteiger partial charge >= 0.3 is 0 Å².